The molecular formula is C35H49Cl2N3O4. The number of benzene rings is 2. The van der Waals surface area contributed by atoms with Crippen molar-refractivity contribution in [2.45, 2.75) is 116 Å². The Morgan fingerprint density at radius 1 is 0.886 bits per heavy atom. The molecule has 0 fully saturated rings. The van der Waals surface area contributed by atoms with Crippen molar-refractivity contribution < 1.29 is 14.3 Å². The van der Waals surface area contributed by atoms with Gasteiger partial charge in [0.2, 0.25) is 0 Å². The summed E-state index contributed by atoms with van der Waals surface area (Å²) in [6.45, 7) is 4.15. The topological polar surface area (TPSA) is 85.3 Å². The quantitative estimate of drug-likeness (QED) is 0.113. The maximum atomic E-state index is 13.1. The van der Waals surface area contributed by atoms with Gasteiger partial charge in [-0.2, -0.15) is 0 Å². The molecular weight excluding hydrogens is 597 g/mol. The van der Waals surface area contributed by atoms with E-state index in [1.165, 1.54) is 107 Å². The minimum Gasteiger partial charge on any atom is -0.494 e. The molecule has 0 bridgehead atoms. The van der Waals surface area contributed by atoms with Crippen LogP contribution in [-0.2, 0) is 11.2 Å². The third-order valence-corrected chi connectivity index (χ3v) is 8.33. The summed E-state index contributed by atoms with van der Waals surface area (Å²) in [5.74, 6) is 0.823. The molecule has 0 radical (unpaired) electrons. The van der Waals surface area contributed by atoms with Crippen LogP contribution in [0.3, 0.4) is 0 Å². The highest BCUT2D eigenvalue weighted by Crippen LogP contribution is 2.33. The number of aromatic nitrogens is 2. The molecule has 0 aliphatic carbocycles. The second kappa shape index (κ2) is 19.5. The molecule has 1 amide bonds. The molecule has 7 nitrogen and oxygen atoms in total. The summed E-state index contributed by atoms with van der Waals surface area (Å²) in [6, 6.07) is 12.3. The second-order valence-electron chi connectivity index (χ2n) is 11.4. The van der Waals surface area contributed by atoms with Gasteiger partial charge in [0.05, 0.1) is 12.1 Å². The molecule has 1 atom stereocenters. The van der Waals surface area contributed by atoms with Crippen LogP contribution in [0.4, 0.5) is 5.82 Å². The standard InChI is InChI=1S/C35H49Cl2N3O4/c1-4-6-7-8-9-10-11-12-13-14-15-16-17-19-26-20-18-21-28(22-26)44-30(5-2)35(42)38-32-25-33(41)40(39-32)34-29(37)23-27(36)24-31(34)43-3/h18,20-25,30,39H,4-17,19H2,1-3H3,(H,38,42). The number of methoxy groups -OCH3 is 1. The second-order valence-corrected chi connectivity index (χ2v) is 12.3. The number of hydrogen-bond donors (Lipinski definition) is 2. The first-order valence-electron chi connectivity index (χ1n) is 16.3. The predicted octanol–water partition coefficient (Wildman–Crippen LogP) is 9.91. The first-order valence-corrected chi connectivity index (χ1v) is 17.0. The van der Waals surface area contributed by atoms with Crippen LogP contribution in [0.15, 0.2) is 47.3 Å². The average Bonchev–Trinajstić information content (AvgIpc) is 3.36. The molecule has 3 rings (SSSR count). The van der Waals surface area contributed by atoms with Gasteiger partial charge < -0.3 is 14.8 Å². The first-order chi connectivity index (χ1) is 21.4. The molecule has 1 heterocycles. The van der Waals surface area contributed by atoms with E-state index in [9.17, 15) is 9.59 Å². The van der Waals surface area contributed by atoms with E-state index < -0.39 is 11.7 Å². The van der Waals surface area contributed by atoms with Gasteiger partial charge in [0, 0.05) is 17.2 Å². The van der Waals surface area contributed by atoms with Crippen molar-refractivity contribution in [2.24, 2.45) is 0 Å². The Morgan fingerprint density at radius 2 is 1.52 bits per heavy atom. The maximum absolute atomic E-state index is 13.1. The van der Waals surface area contributed by atoms with Crippen molar-refractivity contribution in [1.82, 2.24) is 9.78 Å². The van der Waals surface area contributed by atoms with E-state index in [0.717, 1.165) is 12.8 Å². The first kappa shape index (κ1) is 35.6. The fraction of sp³-hybridized carbons (Fsp3) is 0.543. The lowest BCUT2D eigenvalue weighted by molar-refractivity contribution is -0.122. The third kappa shape index (κ3) is 11.6. The van der Waals surface area contributed by atoms with Crippen molar-refractivity contribution in [2.75, 3.05) is 12.4 Å². The molecule has 0 saturated carbocycles. The summed E-state index contributed by atoms with van der Waals surface area (Å²) in [5.41, 5.74) is 1.08. The zero-order valence-corrected chi connectivity index (χ0v) is 28.1. The van der Waals surface area contributed by atoms with E-state index in [4.69, 9.17) is 32.7 Å². The minimum absolute atomic E-state index is 0.214. The van der Waals surface area contributed by atoms with Gasteiger partial charge in [0.25, 0.3) is 11.5 Å². The third-order valence-electron chi connectivity index (χ3n) is 7.82. The van der Waals surface area contributed by atoms with Crippen LogP contribution in [0.25, 0.3) is 5.69 Å². The van der Waals surface area contributed by atoms with Crippen molar-refractivity contribution in [3.05, 3.63) is 68.4 Å². The number of nitrogens with zero attached hydrogens (tertiary/aromatic N) is 1. The fourth-order valence-corrected chi connectivity index (χ4v) is 5.92. The molecule has 0 saturated heterocycles. The molecule has 9 heteroatoms. The van der Waals surface area contributed by atoms with Crippen LogP contribution in [-0.4, -0.2) is 28.9 Å². The number of carbonyl (C=O) groups is 1. The Bertz CT molecular complexity index is 1350. The number of H-pyrrole nitrogens is 1. The summed E-state index contributed by atoms with van der Waals surface area (Å²) in [4.78, 5) is 25.8. The number of aromatic amines is 1. The lowest BCUT2D eigenvalue weighted by atomic mass is 10.0. The summed E-state index contributed by atoms with van der Waals surface area (Å²) in [7, 11) is 1.46. The number of amides is 1. The van der Waals surface area contributed by atoms with Gasteiger partial charge in [-0.25, -0.2) is 4.68 Å². The van der Waals surface area contributed by atoms with E-state index in [2.05, 4.69) is 23.4 Å². The highest BCUT2D eigenvalue weighted by Gasteiger charge is 2.21. The molecule has 0 aliphatic heterocycles. The van der Waals surface area contributed by atoms with Crippen LogP contribution in [0.1, 0.15) is 109 Å². The van der Waals surface area contributed by atoms with Crippen LogP contribution >= 0.6 is 23.2 Å². The smallest absolute Gasteiger partial charge is 0.273 e. The molecule has 0 spiro atoms. The molecule has 3 aromatic rings. The van der Waals surface area contributed by atoms with Gasteiger partial charge in [-0.1, -0.05) is 126 Å². The largest absolute Gasteiger partial charge is 0.494 e. The van der Waals surface area contributed by atoms with Crippen LogP contribution in [0.2, 0.25) is 10.0 Å². The number of aryl methyl sites for hydroxylation is 1. The van der Waals surface area contributed by atoms with Gasteiger partial charge in [-0.3, -0.25) is 14.7 Å². The normalized spacial score (nSPS) is 11.8. The van der Waals surface area contributed by atoms with Crippen molar-refractivity contribution in [1.29, 1.82) is 0 Å². The van der Waals surface area contributed by atoms with Crippen molar-refractivity contribution >= 4 is 34.9 Å². The lowest BCUT2D eigenvalue weighted by Crippen LogP contribution is -2.32. The van der Waals surface area contributed by atoms with Crippen LogP contribution in [0.5, 0.6) is 11.5 Å². The van der Waals surface area contributed by atoms with Crippen molar-refractivity contribution in [3.63, 3.8) is 0 Å². The zero-order chi connectivity index (χ0) is 31.7. The lowest BCUT2D eigenvalue weighted by Gasteiger charge is -2.17. The highest BCUT2D eigenvalue weighted by molar-refractivity contribution is 6.36. The molecule has 2 N–H and O–H groups in total. The number of hydrogen-bond acceptors (Lipinski definition) is 4. The number of carbonyl (C=O) groups excluding carboxylic acids is 1. The molecule has 44 heavy (non-hydrogen) atoms. The van der Waals surface area contributed by atoms with E-state index >= 15 is 0 Å². The van der Waals surface area contributed by atoms with E-state index in [1.807, 2.05) is 25.1 Å². The highest BCUT2D eigenvalue weighted by atomic mass is 35.5. The Labute approximate surface area is 272 Å². The summed E-state index contributed by atoms with van der Waals surface area (Å²) >= 11 is 12.4. The average molecular weight is 647 g/mol. The number of halogens is 2. The number of ether oxygens (including phenoxy) is 2. The fourth-order valence-electron chi connectivity index (χ4n) is 5.36. The monoisotopic (exact) mass is 645 g/mol. The van der Waals surface area contributed by atoms with E-state index in [-0.39, 0.29) is 16.7 Å². The zero-order valence-electron chi connectivity index (χ0n) is 26.6. The molecule has 2 aromatic carbocycles. The summed E-state index contributed by atoms with van der Waals surface area (Å²) in [6.07, 6.45) is 18.1. The van der Waals surface area contributed by atoms with Gasteiger partial charge in [0.15, 0.2) is 6.10 Å². The predicted molar refractivity (Wildman–Crippen MR) is 182 cm³/mol. The summed E-state index contributed by atoms with van der Waals surface area (Å²) < 4.78 is 12.6. The molecule has 1 aromatic heterocycles. The Kier molecular flexibility index (Phi) is 15.8. The van der Waals surface area contributed by atoms with Gasteiger partial charge in [0.1, 0.15) is 23.0 Å². The van der Waals surface area contributed by atoms with Gasteiger partial charge in [-0.15, -0.1) is 0 Å². The molecule has 1 unspecified atom stereocenters. The van der Waals surface area contributed by atoms with Crippen LogP contribution < -0.4 is 20.3 Å². The SMILES string of the molecule is CCCCCCCCCCCCCCCc1cccc(OC(CC)C(=O)Nc2cc(=O)n(-c3c(Cl)cc(Cl)cc3OC)[nH]2)c1. The summed E-state index contributed by atoms with van der Waals surface area (Å²) in [5, 5.41) is 6.24. The van der Waals surface area contributed by atoms with Crippen LogP contribution in [0, 0.1) is 0 Å². The molecule has 0 aliphatic rings. The van der Waals surface area contributed by atoms with Gasteiger partial charge in [-0.05, 0) is 43.0 Å². The van der Waals surface area contributed by atoms with Gasteiger partial charge >= 0.3 is 0 Å². The van der Waals surface area contributed by atoms with E-state index in [1.54, 1.807) is 6.07 Å². The number of unbranched alkanes of at least 4 members (excludes halogenated alkanes) is 12. The molecule has 242 valence electrons. The maximum Gasteiger partial charge on any atom is 0.273 e. The Hall–Kier alpha value is -2.90. The number of rotatable bonds is 21. The number of anilines is 1. The minimum atomic E-state index is -0.734. The van der Waals surface area contributed by atoms with Crippen molar-refractivity contribution in [3.8, 4) is 17.2 Å². The number of nitrogens with one attached hydrogen (secondary N) is 2. The Morgan fingerprint density at radius 3 is 2.14 bits per heavy atom. The Balaban J connectivity index is 1.43. The van der Waals surface area contributed by atoms with E-state index in [0.29, 0.717) is 28.6 Å².